The van der Waals surface area contributed by atoms with E-state index < -0.39 is 5.60 Å². The Balaban J connectivity index is 1.14. The molecule has 1 saturated carbocycles. The third kappa shape index (κ3) is 9.12. The van der Waals surface area contributed by atoms with Gasteiger partial charge in [-0.2, -0.15) is 0 Å². The highest BCUT2D eigenvalue weighted by molar-refractivity contribution is 6.35. The molecule has 6 rings (SSSR count). The number of halogens is 2. The summed E-state index contributed by atoms with van der Waals surface area (Å²) in [6, 6.07) is 9.35. The molecule has 3 fully saturated rings. The molecular formula is C36H44Cl2N6O5. The van der Waals surface area contributed by atoms with Crippen molar-refractivity contribution >= 4 is 41.2 Å². The molecule has 1 amide bonds. The zero-order valence-electron chi connectivity index (χ0n) is 28.5. The molecule has 0 N–H and O–H groups in total. The molecule has 13 heteroatoms. The Morgan fingerprint density at radius 1 is 0.898 bits per heavy atom. The third-order valence-electron chi connectivity index (χ3n) is 9.14. The van der Waals surface area contributed by atoms with Crippen molar-refractivity contribution in [2.45, 2.75) is 59.1 Å². The topological polar surface area (TPSA) is 110 Å². The zero-order chi connectivity index (χ0) is 34.7. The van der Waals surface area contributed by atoms with Gasteiger partial charge in [0.15, 0.2) is 5.75 Å². The molecule has 0 radical (unpaired) electrons. The van der Waals surface area contributed by atoms with Crippen LogP contribution in [0, 0.1) is 17.8 Å². The standard InChI is InChI=1S/C36H44Cl2N6O5/c1-5-47-33(45)32-28-7-11-42(12-8-29(28)32)22-23-15-30(24-17-25(37)19-26(38)18-24)41-31(16-23)48-27-20-39-34(40-21-27)43-9-6-10-44(14-13-43)35(46)49-36(2,3)4/h15-21,28-29,32H,5-14,22H2,1-4H3/t28-,29+,32?. The second-order valence-electron chi connectivity index (χ2n) is 13.9. The maximum atomic E-state index is 12.6. The normalized spacial score (nSPS) is 21.3. The Morgan fingerprint density at radius 3 is 2.24 bits per heavy atom. The number of anilines is 1. The first-order chi connectivity index (χ1) is 23.5. The fourth-order valence-corrected chi connectivity index (χ4v) is 7.36. The van der Waals surface area contributed by atoms with Crippen molar-refractivity contribution in [2.75, 3.05) is 50.8 Å². The molecule has 1 unspecified atom stereocenters. The van der Waals surface area contributed by atoms with Crippen LogP contribution in [0.25, 0.3) is 11.3 Å². The van der Waals surface area contributed by atoms with Crippen LogP contribution in [0.1, 0.15) is 52.5 Å². The second kappa shape index (κ2) is 15.1. The van der Waals surface area contributed by atoms with Crippen LogP contribution in [-0.2, 0) is 20.8 Å². The molecule has 2 aromatic heterocycles. The van der Waals surface area contributed by atoms with Crippen LogP contribution in [0.4, 0.5) is 10.7 Å². The van der Waals surface area contributed by atoms with Crippen LogP contribution in [0.5, 0.6) is 11.6 Å². The number of aromatic nitrogens is 3. The van der Waals surface area contributed by atoms with Crippen LogP contribution in [0.3, 0.4) is 0 Å². The number of nitrogens with zero attached hydrogens (tertiary/aromatic N) is 6. The zero-order valence-corrected chi connectivity index (χ0v) is 30.0. The third-order valence-corrected chi connectivity index (χ3v) is 9.58. The van der Waals surface area contributed by atoms with Gasteiger partial charge in [0.05, 0.1) is 30.6 Å². The first kappa shape index (κ1) is 35.2. The summed E-state index contributed by atoms with van der Waals surface area (Å²) >= 11 is 12.7. The summed E-state index contributed by atoms with van der Waals surface area (Å²) < 4.78 is 17.1. The summed E-state index contributed by atoms with van der Waals surface area (Å²) in [7, 11) is 0. The predicted octanol–water partition coefficient (Wildman–Crippen LogP) is 7.11. The van der Waals surface area contributed by atoms with Crippen molar-refractivity contribution in [3.63, 3.8) is 0 Å². The average molecular weight is 712 g/mol. The maximum Gasteiger partial charge on any atom is 0.410 e. The van der Waals surface area contributed by atoms with E-state index in [4.69, 9.17) is 42.4 Å². The highest BCUT2D eigenvalue weighted by Crippen LogP contribution is 2.53. The van der Waals surface area contributed by atoms with Crippen molar-refractivity contribution in [1.29, 1.82) is 0 Å². The number of amides is 1. The lowest BCUT2D eigenvalue weighted by Crippen LogP contribution is -2.39. The van der Waals surface area contributed by atoms with Gasteiger partial charge in [0.2, 0.25) is 11.8 Å². The summed E-state index contributed by atoms with van der Waals surface area (Å²) in [5.74, 6) is 2.26. The van der Waals surface area contributed by atoms with Crippen molar-refractivity contribution in [1.82, 2.24) is 24.8 Å². The molecule has 0 bridgehead atoms. The Bertz CT molecular complexity index is 1620. The quantitative estimate of drug-likeness (QED) is 0.224. The highest BCUT2D eigenvalue weighted by Gasteiger charge is 2.55. The average Bonchev–Trinajstić information content (AvgIpc) is 3.81. The van der Waals surface area contributed by atoms with Crippen molar-refractivity contribution in [3.8, 4) is 22.9 Å². The van der Waals surface area contributed by atoms with Crippen LogP contribution in [-0.4, -0.2) is 88.3 Å². The molecule has 3 aliphatic rings. The molecule has 1 aliphatic carbocycles. The number of fused-ring (bicyclic) bond motifs is 1. The number of benzene rings is 1. The minimum atomic E-state index is -0.540. The summed E-state index contributed by atoms with van der Waals surface area (Å²) in [6.45, 7) is 12.8. The molecular weight excluding hydrogens is 667 g/mol. The fourth-order valence-electron chi connectivity index (χ4n) is 6.84. The number of pyridine rings is 1. The summed E-state index contributed by atoms with van der Waals surface area (Å²) in [5, 5.41) is 1.04. The molecule has 3 atom stereocenters. The van der Waals surface area contributed by atoms with E-state index in [1.54, 1.807) is 23.4 Å². The summed E-state index contributed by atoms with van der Waals surface area (Å²) in [4.78, 5) is 45.2. The molecule has 11 nitrogen and oxygen atoms in total. The second-order valence-corrected chi connectivity index (χ2v) is 14.8. The van der Waals surface area contributed by atoms with Gasteiger partial charge in [-0.1, -0.05) is 23.2 Å². The number of esters is 1. The van der Waals surface area contributed by atoms with Gasteiger partial charge in [0.25, 0.3) is 0 Å². The van der Waals surface area contributed by atoms with Gasteiger partial charge in [0, 0.05) is 54.4 Å². The van der Waals surface area contributed by atoms with Gasteiger partial charge in [-0.3, -0.25) is 9.69 Å². The Hall–Kier alpha value is -3.67. The van der Waals surface area contributed by atoms with Gasteiger partial charge in [-0.25, -0.2) is 19.7 Å². The SMILES string of the molecule is CCOC(=O)C1[C@H]2CCN(Cc3cc(Oc4cnc(N5CCCN(C(=O)OC(C)(C)C)CC5)nc4)nc(-c4cc(Cl)cc(Cl)c4)c3)CC[C@@H]12. The minimum Gasteiger partial charge on any atom is -0.466 e. The van der Waals surface area contributed by atoms with Gasteiger partial charge in [-0.15, -0.1) is 0 Å². The van der Waals surface area contributed by atoms with Gasteiger partial charge in [0.1, 0.15) is 5.60 Å². The molecule has 0 spiro atoms. The summed E-state index contributed by atoms with van der Waals surface area (Å²) in [6.07, 6.45) is 5.70. The first-order valence-electron chi connectivity index (χ1n) is 17.0. The first-order valence-corrected chi connectivity index (χ1v) is 17.8. The lowest BCUT2D eigenvalue weighted by molar-refractivity contribution is -0.145. The lowest BCUT2D eigenvalue weighted by Gasteiger charge is -2.26. The number of rotatable bonds is 8. The number of ether oxygens (including phenoxy) is 3. The van der Waals surface area contributed by atoms with E-state index in [-0.39, 0.29) is 18.0 Å². The molecule has 4 heterocycles. The lowest BCUT2D eigenvalue weighted by atomic mass is 10.1. The van der Waals surface area contributed by atoms with Crippen LogP contribution < -0.4 is 9.64 Å². The van der Waals surface area contributed by atoms with E-state index in [0.29, 0.717) is 77.9 Å². The molecule has 2 aliphatic heterocycles. The monoisotopic (exact) mass is 710 g/mol. The molecule has 3 aromatic rings. The highest BCUT2D eigenvalue weighted by atomic mass is 35.5. The van der Waals surface area contributed by atoms with Crippen LogP contribution >= 0.6 is 23.2 Å². The number of carbonyl (C=O) groups is 2. The van der Waals surface area contributed by atoms with Gasteiger partial charge < -0.3 is 24.0 Å². The smallest absolute Gasteiger partial charge is 0.410 e. The molecule has 2 saturated heterocycles. The van der Waals surface area contributed by atoms with E-state index in [1.165, 1.54) is 0 Å². The van der Waals surface area contributed by atoms with E-state index in [9.17, 15) is 9.59 Å². The van der Waals surface area contributed by atoms with Crippen LogP contribution in [0.2, 0.25) is 10.0 Å². The molecule has 1 aromatic carbocycles. The van der Waals surface area contributed by atoms with Gasteiger partial charge >= 0.3 is 12.1 Å². The van der Waals surface area contributed by atoms with E-state index in [1.807, 2.05) is 52.0 Å². The number of carbonyl (C=O) groups excluding carboxylic acids is 2. The molecule has 49 heavy (non-hydrogen) atoms. The van der Waals surface area contributed by atoms with Crippen LogP contribution in [0.15, 0.2) is 42.7 Å². The predicted molar refractivity (Wildman–Crippen MR) is 188 cm³/mol. The largest absolute Gasteiger partial charge is 0.466 e. The molecule has 262 valence electrons. The number of hydrogen-bond acceptors (Lipinski definition) is 10. The fraction of sp³-hybridized carbons (Fsp3) is 0.528. The van der Waals surface area contributed by atoms with Crippen molar-refractivity contribution in [2.24, 2.45) is 17.8 Å². The van der Waals surface area contributed by atoms with E-state index in [2.05, 4.69) is 19.8 Å². The van der Waals surface area contributed by atoms with Gasteiger partial charge in [-0.05, 0) is 102 Å². The Morgan fingerprint density at radius 2 is 1.59 bits per heavy atom. The Kier molecular flexibility index (Phi) is 10.8. The van der Waals surface area contributed by atoms with Crippen molar-refractivity contribution < 1.29 is 23.8 Å². The van der Waals surface area contributed by atoms with E-state index in [0.717, 1.165) is 50.0 Å². The van der Waals surface area contributed by atoms with E-state index >= 15 is 0 Å². The van der Waals surface area contributed by atoms with Crippen molar-refractivity contribution in [3.05, 3.63) is 58.3 Å². The summed E-state index contributed by atoms with van der Waals surface area (Å²) in [5.41, 5.74) is 1.97. The number of likely N-dealkylation sites (tertiary alicyclic amines) is 1. The number of hydrogen-bond donors (Lipinski definition) is 0. The minimum absolute atomic E-state index is 0.0417. The Labute approximate surface area is 297 Å². The maximum absolute atomic E-state index is 12.6.